The molecule has 2 aromatic rings. The molecule has 3 rings (SSSR count). The van der Waals surface area contributed by atoms with Gasteiger partial charge in [-0.3, -0.25) is 0 Å². The molecule has 3 nitrogen and oxygen atoms in total. The van der Waals surface area contributed by atoms with Gasteiger partial charge >= 0.3 is 0 Å². The van der Waals surface area contributed by atoms with Crippen LogP contribution in [0.15, 0.2) is 16.9 Å². The quantitative estimate of drug-likeness (QED) is 0.691. The second-order valence-corrected chi connectivity index (χ2v) is 6.21. The minimum atomic E-state index is 0.545. The number of fused-ring (bicyclic) bond motifs is 1. The van der Waals surface area contributed by atoms with Gasteiger partial charge in [-0.15, -0.1) is 0 Å². The van der Waals surface area contributed by atoms with E-state index in [-0.39, 0.29) is 0 Å². The summed E-state index contributed by atoms with van der Waals surface area (Å²) in [5.74, 6) is 0.931. The third kappa shape index (κ3) is 2.41. The molecule has 0 amide bonds. The van der Waals surface area contributed by atoms with Crippen LogP contribution in [0.5, 0.6) is 0 Å². The highest BCUT2D eigenvalue weighted by molar-refractivity contribution is 9.10. The van der Waals surface area contributed by atoms with Gasteiger partial charge in [0.15, 0.2) is 0 Å². The van der Waals surface area contributed by atoms with Crippen LogP contribution in [0, 0.1) is 0 Å². The van der Waals surface area contributed by atoms with Crippen LogP contribution in [0.3, 0.4) is 0 Å². The van der Waals surface area contributed by atoms with Crippen molar-refractivity contribution in [2.24, 2.45) is 0 Å². The van der Waals surface area contributed by atoms with E-state index in [4.69, 9.17) is 23.2 Å². The molecular formula is C13H12BrCl2N3. The first kappa shape index (κ1) is 13.4. The number of piperidine rings is 1. The summed E-state index contributed by atoms with van der Waals surface area (Å²) in [5, 5.41) is 2.05. The van der Waals surface area contributed by atoms with Crippen LogP contribution in [0.1, 0.15) is 19.3 Å². The maximum absolute atomic E-state index is 6.30. The Kier molecular flexibility index (Phi) is 3.83. The Hall–Kier alpha value is -0.580. The maximum Gasteiger partial charge on any atom is 0.139 e. The Morgan fingerprint density at radius 3 is 2.58 bits per heavy atom. The normalized spacial score (nSPS) is 16.1. The molecule has 1 aliphatic rings. The van der Waals surface area contributed by atoms with Crippen molar-refractivity contribution in [2.75, 3.05) is 18.0 Å². The number of halogens is 3. The van der Waals surface area contributed by atoms with E-state index in [0.717, 1.165) is 29.8 Å². The lowest BCUT2D eigenvalue weighted by molar-refractivity contribution is 0.574. The van der Waals surface area contributed by atoms with E-state index in [1.807, 2.05) is 6.07 Å². The van der Waals surface area contributed by atoms with E-state index in [0.29, 0.717) is 14.5 Å². The highest BCUT2D eigenvalue weighted by atomic mass is 79.9. The van der Waals surface area contributed by atoms with Crippen LogP contribution in [-0.2, 0) is 0 Å². The fourth-order valence-corrected chi connectivity index (χ4v) is 3.26. The van der Waals surface area contributed by atoms with Crippen LogP contribution >= 0.6 is 39.1 Å². The van der Waals surface area contributed by atoms with E-state index in [1.54, 1.807) is 6.33 Å². The van der Waals surface area contributed by atoms with Gasteiger partial charge in [-0.1, -0.05) is 23.2 Å². The van der Waals surface area contributed by atoms with E-state index in [9.17, 15) is 0 Å². The summed E-state index contributed by atoms with van der Waals surface area (Å²) in [6, 6.07) is 1.89. The summed E-state index contributed by atoms with van der Waals surface area (Å²) < 4.78 is 0.687. The van der Waals surface area contributed by atoms with Gasteiger partial charge in [0.2, 0.25) is 0 Å². The number of anilines is 1. The molecule has 0 N–H and O–H groups in total. The predicted octanol–water partition coefficient (Wildman–Crippen LogP) is 4.69. The second kappa shape index (κ2) is 5.43. The molecular weight excluding hydrogens is 349 g/mol. The minimum Gasteiger partial charge on any atom is -0.356 e. The molecule has 1 aromatic carbocycles. The van der Waals surface area contributed by atoms with Crippen molar-refractivity contribution in [3.05, 3.63) is 26.9 Å². The molecule has 19 heavy (non-hydrogen) atoms. The maximum atomic E-state index is 6.30. The zero-order valence-electron chi connectivity index (χ0n) is 10.2. The van der Waals surface area contributed by atoms with E-state index >= 15 is 0 Å². The Morgan fingerprint density at radius 2 is 1.84 bits per heavy atom. The van der Waals surface area contributed by atoms with Crippen molar-refractivity contribution in [3.8, 4) is 0 Å². The van der Waals surface area contributed by atoms with Gasteiger partial charge in [0.1, 0.15) is 12.1 Å². The summed E-state index contributed by atoms with van der Waals surface area (Å²) >= 11 is 15.9. The van der Waals surface area contributed by atoms with Crippen molar-refractivity contribution in [1.29, 1.82) is 0 Å². The summed E-state index contributed by atoms with van der Waals surface area (Å²) in [6.45, 7) is 2.05. The molecule has 0 atom stereocenters. The molecule has 100 valence electrons. The average molecular weight is 361 g/mol. The van der Waals surface area contributed by atoms with Gasteiger partial charge < -0.3 is 4.90 Å². The van der Waals surface area contributed by atoms with Crippen LogP contribution < -0.4 is 4.90 Å². The number of nitrogens with zero attached hydrogens (tertiary/aromatic N) is 3. The highest BCUT2D eigenvalue weighted by Crippen LogP contribution is 2.38. The number of hydrogen-bond acceptors (Lipinski definition) is 3. The highest BCUT2D eigenvalue weighted by Gasteiger charge is 2.18. The lowest BCUT2D eigenvalue weighted by atomic mass is 10.1. The number of aromatic nitrogens is 2. The Morgan fingerprint density at radius 1 is 1.11 bits per heavy atom. The third-order valence-corrected chi connectivity index (χ3v) is 5.35. The average Bonchev–Trinajstić information content (AvgIpc) is 2.45. The molecule has 2 heterocycles. The number of benzene rings is 1. The van der Waals surface area contributed by atoms with Crippen molar-refractivity contribution in [2.45, 2.75) is 19.3 Å². The van der Waals surface area contributed by atoms with Gasteiger partial charge in [0, 0.05) is 18.5 Å². The van der Waals surface area contributed by atoms with Gasteiger partial charge in [-0.25, -0.2) is 9.97 Å². The lowest BCUT2D eigenvalue weighted by Crippen LogP contribution is -2.30. The summed E-state index contributed by atoms with van der Waals surface area (Å²) in [5.41, 5.74) is 0.744. The summed E-state index contributed by atoms with van der Waals surface area (Å²) in [7, 11) is 0. The molecule has 1 saturated heterocycles. The minimum absolute atomic E-state index is 0.545. The van der Waals surface area contributed by atoms with Crippen molar-refractivity contribution < 1.29 is 0 Å². The zero-order chi connectivity index (χ0) is 13.4. The first-order valence-corrected chi connectivity index (χ1v) is 7.76. The van der Waals surface area contributed by atoms with Crippen LogP contribution in [0.2, 0.25) is 10.0 Å². The predicted molar refractivity (Wildman–Crippen MR) is 83.3 cm³/mol. The van der Waals surface area contributed by atoms with Crippen LogP contribution in [0.25, 0.3) is 10.9 Å². The molecule has 1 aliphatic heterocycles. The van der Waals surface area contributed by atoms with Gasteiger partial charge in [-0.2, -0.15) is 0 Å². The molecule has 0 aliphatic carbocycles. The fourth-order valence-electron chi connectivity index (χ4n) is 2.45. The molecule has 0 saturated carbocycles. The SMILES string of the molecule is Clc1cc2c(N3CCCCC3)ncnc2c(Cl)c1Br. The molecule has 0 radical (unpaired) electrons. The molecule has 1 fully saturated rings. The Labute approximate surface area is 130 Å². The number of rotatable bonds is 1. The number of hydrogen-bond donors (Lipinski definition) is 0. The van der Waals surface area contributed by atoms with Gasteiger partial charge in [0.05, 0.1) is 20.0 Å². The summed E-state index contributed by atoms with van der Waals surface area (Å²) in [4.78, 5) is 11.0. The lowest BCUT2D eigenvalue weighted by Gasteiger charge is -2.28. The van der Waals surface area contributed by atoms with Gasteiger partial charge in [0.25, 0.3) is 0 Å². The smallest absolute Gasteiger partial charge is 0.139 e. The standard InChI is InChI=1S/C13H12BrCl2N3/c14-10-9(15)6-8-12(11(10)16)17-7-18-13(8)19-4-2-1-3-5-19/h6-7H,1-5H2. The monoisotopic (exact) mass is 359 g/mol. The molecule has 6 heteroatoms. The Balaban J connectivity index is 2.20. The fraction of sp³-hybridized carbons (Fsp3) is 0.385. The first-order valence-electron chi connectivity index (χ1n) is 6.21. The largest absolute Gasteiger partial charge is 0.356 e. The van der Waals surface area contributed by atoms with Crippen molar-refractivity contribution in [3.63, 3.8) is 0 Å². The van der Waals surface area contributed by atoms with Gasteiger partial charge in [-0.05, 0) is 41.3 Å². The van der Waals surface area contributed by atoms with Crippen LogP contribution in [-0.4, -0.2) is 23.1 Å². The first-order chi connectivity index (χ1) is 9.18. The second-order valence-electron chi connectivity index (χ2n) is 4.63. The molecule has 1 aromatic heterocycles. The van der Waals surface area contributed by atoms with E-state index < -0.39 is 0 Å². The molecule has 0 spiro atoms. The molecule has 0 bridgehead atoms. The van der Waals surface area contributed by atoms with Crippen molar-refractivity contribution in [1.82, 2.24) is 9.97 Å². The van der Waals surface area contributed by atoms with E-state index in [2.05, 4.69) is 30.8 Å². The zero-order valence-corrected chi connectivity index (χ0v) is 13.3. The topological polar surface area (TPSA) is 29.0 Å². The molecule has 0 unspecified atom stereocenters. The third-order valence-electron chi connectivity index (χ3n) is 3.40. The van der Waals surface area contributed by atoms with E-state index in [1.165, 1.54) is 19.3 Å². The Bertz CT molecular complexity index is 627. The summed E-state index contributed by atoms with van der Waals surface area (Å²) in [6.07, 6.45) is 5.25. The van der Waals surface area contributed by atoms with Crippen LogP contribution in [0.4, 0.5) is 5.82 Å². The van der Waals surface area contributed by atoms with Crippen molar-refractivity contribution >= 4 is 55.9 Å².